The van der Waals surface area contributed by atoms with Crippen LogP contribution in [0.5, 0.6) is 0 Å². The summed E-state index contributed by atoms with van der Waals surface area (Å²) in [4.78, 5) is 41.8. The van der Waals surface area contributed by atoms with Gasteiger partial charge in [0.15, 0.2) is 17.4 Å². The highest BCUT2D eigenvalue weighted by Crippen LogP contribution is 2.42. The third-order valence-electron chi connectivity index (χ3n) is 3.84. The Morgan fingerprint density at radius 3 is 2.81 bits per heavy atom. The minimum atomic E-state index is -4.45. The summed E-state index contributed by atoms with van der Waals surface area (Å²) >= 11 is 0. The normalized spacial score (nSPS) is 27.7. The molecule has 1 aliphatic rings. The number of rotatable bonds is 6. The number of nitrogens with one attached hydrogen (secondary N) is 1. The van der Waals surface area contributed by atoms with Crippen molar-refractivity contribution in [1.82, 2.24) is 19.5 Å². The summed E-state index contributed by atoms with van der Waals surface area (Å²) < 4.78 is 22.9. The maximum absolute atomic E-state index is 11.8. The van der Waals surface area contributed by atoms with E-state index in [1.54, 1.807) is 0 Å². The van der Waals surface area contributed by atoms with E-state index in [0.717, 1.165) is 6.33 Å². The first kappa shape index (κ1) is 19.4. The van der Waals surface area contributed by atoms with Gasteiger partial charge in [0.1, 0.15) is 24.5 Å². The number of aromatic nitrogens is 4. The largest absolute Gasteiger partial charge is 0.481 e. The van der Waals surface area contributed by atoms with Crippen LogP contribution in [0.3, 0.4) is 0 Å². The van der Waals surface area contributed by atoms with Crippen LogP contribution in [0.1, 0.15) is 6.23 Å². The fourth-order valence-corrected chi connectivity index (χ4v) is 3.45. The van der Waals surface area contributed by atoms with E-state index in [-0.39, 0.29) is 17.1 Å². The van der Waals surface area contributed by atoms with Gasteiger partial charge in [-0.25, -0.2) is 4.98 Å². The number of aromatic amines is 1. The summed E-state index contributed by atoms with van der Waals surface area (Å²) in [6.07, 6.45) is -5.52. The van der Waals surface area contributed by atoms with Crippen LogP contribution in [-0.2, 0) is 18.6 Å². The fourth-order valence-electron chi connectivity index (χ4n) is 2.63. The lowest BCUT2D eigenvalue weighted by Gasteiger charge is -2.17. The summed E-state index contributed by atoms with van der Waals surface area (Å²) in [6, 6.07) is 0. The standard InChI is InChI=1S/C12H16N5O9P/c13-12-15-9-6(10(22)16-12)14-3-17(9)11-8(21)7(20)4(26-11)1-25-27(23,24)2-5(18)19/h3-4,7-8,11,20-21H,1-2H2,(H,18,19)(H,23,24)(H3,13,15,16,22)/t4-,7-,8-,11-/m1/s1. The van der Waals surface area contributed by atoms with Crippen molar-refractivity contribution in [3.63, 3.8) is 0 Å². The molecular formula is C12H16N5O9P. The molecule has 0 aromatic carbocycles. The van der Waals surface area contributed by atoms with Crippen LogP contribution >= 0.6 is 7.60 Å². The van der Waals surface area contributed by atoms with Gasteiger partial charge in [-0.2, -0.15) is 4.98 Å². The Labute approximate surface area is 149 Å². The topological polar surface area (TPSA) is 223 Å². The number of aliphatic hydroxyl groups is 2. The van der Waals surface area contributed by atoms with E-state index in [4.69, 9.17) is 15.6 Å². The highest BCUT2D eigenvalue weighted by Gasteiger charge is 2.45. The van der Waals surface area contributed by atoms with Gasteiger partial charge in [0.2, 0.25) is 5.95 Å². The molecule has 1 fully saturated rings. The predicted molar refractivity (Wildman–Crippen MR) is 86.8 cm³/mol. The number of anilines is 1. The number of carboxylic acids is 1. The average molecular weight is 405 g/mol. The van der Waals surface area contributed by atoms with Crippen molar-refractivity contribution in [2.45, 2.75) is 24.5 Å². The molecule has 7 N–H and O–H groups in total. The van der Waals surface area contributed by atoms with Gasteiger partial charge in [0.05, 0.1) is 12.9 Å². The van der Waals surface area contributed by atoms with Gasteiger partial charge in [-0.3, -0.25) is 23.7 Å². The molecule has 15 heteroatoms. The van der Waals surface area contributed by atoms with Crippen molar-refractivity contribution in [2.24, 2.45) is 0 Å². The van der Waals surface area contributed by atoms with Crippen LogP contribution in [0, 0.1) is 0 Å². The Morgan fingerprint density at radius 1 is 1.44 bits per heavy atom. The number of fused-ring (bicyclic) bond motifs is 1. The summed E-state index contributed by atoms with van der Waals surface area (Å²) in [5, 5.41) is 28.9. The molecule has 1 unspecified atom stereocenters. The third kappa shape index (κ3) is 3.85. The second-order valence-electron chi connectivity index (χ2n) is 5.81. The highest BCUT2D eigenvalue weighted by atomic mass is 31.2. The van der Waals surface area contributed by atoms with Crippen LogP contribution in [0.25, 0.3) is 11.2 Å². The van der Waals surface area contributed by atoms with Gasteiger partial charge in [0, 0.05) is 0 Å². The Bertz CT molecular complexity index is 974. The van der Waals surface area contributed by atoms with Crippen molar-refractivity contribution in [1.29, 1.82) is 0 Å². The second kappa shape index (κ2) is 6.99. The van der Waals surface area contributed by atoms with Crippen molar-refractivity contribution >= 4 is 30.7 Å². The zero-order valence-corrected chi connectivity index (χ0v) is 14.4. The number of H-pyrrole nitrogens is 1. The molecule has 148 valence electrons. The van der Waals surface area contributed by atoms with Crippen molar-refractivity contribution in [3.05, 3.63) is 16.7 Å². The average Bonchev–Trinajstić information content (AvgIpc) is 3.07. The molecule has 3 rings (SSSR count). The van der Waals surface area contributed by atoms with Gasteiger partial charge in [-0.1, -0.05) is 0 Å². The van der Waals surface area contributed by atoms with E-state index < -0.39 is 56.4 Å². The van der Waals surface area contributed by atoms with Crippen LogP contribution < -0.4 is 11.3 Å². The maximum Gasteiger partial charge on any atom is 0.339 e. The lowest BCUT2D eigenvalue weighted by atomic mass is 10.1. The van der Waals surface area contributed by atoms with Crippen molar-refractivity contribution in [3.8, 4) is 0 Å². The van der Waals surface area contributed by atoms with Crippen molar-refractivity contribution < 1.29 is 38.8 Å². The lowest BCUT2D eigenvalue weighted by molar-refractivity contribution is -0.134. The summed E-state index contributed by atoms with van der Waals surface area (Å²) in [5.41, 5.74) is 4.80. The number of carboxylic acid groups (broad SMARTS) is 1. The molecule has 2 aromatic heterocycles. The molecule has 0 spiro atoms. The second-order valence-corrected chi connectivity index (χ2v) is 7.66. The monoisotopic (exact) mass is 405 g/mol. The molecule has 0 amide bonds. The Kier molecular flexibility index (Phi) is 5.03. The predicted octanol–water partition coefficient (Wildman–Crippen LogP) is -2.39. The first-order valence-corrected chi connectivity index (χ1v) is 9.27. The summed E-state index contributed by atoms with van der Waals surface area (Å²) in [7, 11) is -4.45. The number of nitrogens with zero attached hydrogens (tertiary/aromatic N) is 3. The van der Waals surface area contributed by atoms with E-state index in [2.05, 4.69) is 19.5 Å². The van der Waals surface area contributed by atoms with E-state index >= 15 is 0 Å². The first-order chi connectivity index (χ1) is 12.6. The minimum absolute atomic E-state index is 0.00669. The minimum Gasteiger partial charge on any atom is -0.481 e. The number of aliphatic hydroxyl groups excluding tert-OH is 2. The summed E-state index contributed by atoms with van der Waals surface area (Å²) in [6.45, 7) is -0.654. The Balaban J connectivity index is 1.80. The molecule has 3 heterocycles. The van der Waals surface area contributed by atoms with Crippen LogP contribution in [-0.4, -0.2) is 76.8 Å². The third-order valence-corrected chi connectivity index (χ3v) is 5.06. The highest BCUT2D eigenvalue weighted by molar-refractivity contribution is 7.53. The molecule has 1 saturated heterocycles. The van der Waals surface area contributed by atoms with E-state index in [1.807, 2.05) is 0 Å². The number of hydrogen-bond acceptors (Lipinski definition) is 10. The molecule has 0 aliphatic carbocycles. The van der Waals surface area contributed by atoms with E-state index in [1.165, 1.54) is 4.57 Å². The molecule has 1 aliphatic heterocycles. The van der Waals surface area contributed by atoms with E-state index in [9.17, 15) is 29.3 Å². The van der Waals surface area contributed by atoms with Gasteiger partial charge < -0.3 is 35.2 Å². The van der Waals surface area contributed by atoms with Crippen LogP contribution in [0.4, 0.5) is 5.95 Å². The SMILES string of the molecule is Nc1nc2c(ncn2[C@@H]2O[C@H](COP(=O)(O)CC(=O)O)[C@@H](O)[C@H]2O)c(=O)[nH]1. The zero-order valence-electron chi connectivity index (χ0n) is 13.5. The maximum atomic E-state index is 11.8. The molecule has 5 atom stereocenters. The molecular weight excluding hydrogens is 389 g/mol. The van der Waals surface area contributed by atoms with Crippen LogP contribution in [0.2, 0.25) is 0 Å². The number of ether oxygens (including phenoxy) is 1. The first-order valence-electron chi connectivity index (χ1n) is 7.51. The molecule has 2 aromatic rings. The molecule has 14 nitrogen and oxygen atoms in total. The van der Waals surface area contributed by atoms with Gasteiger partial charge in [0.25, 0.3) is 5.56 Å². The molecule has 0 bridgehead atoms. The Hall–Kier alpha value is -2.35. The molecule has 0 saturated carbocycles. The number of carbonyl (C=O) groups is 1. The number of hydrogen-bond donors (Lipinski definition) is 6. The lowest BCUT2D eigenvalue weighted by Crippen LogP contribution is -2.33. The number of imidazole rings is 1. The zero-order chi connectivity index (χ0) is 19.9. The molecule has 0 radical (unpaired) electrons. The van der Waals surface area contributed by atoms with E-state index in [0.29, 0.717) is 0 Å². The van der Waals surface area contributed by atoms with Crippen LogP contribution in [0.15, 0.2) is 11.1 Å². The number of nitrogens with two attached hydrogens (primary N) is 1. The Morgan fingerprint density at radius 2 is 2.15 bits per heavy atom. The summed E-state index contributed by atoms with van der Waals surface area (Å²) in [5.74, 6) is -1.73. The smallest absolute Gasteiger partial charge is 0.339 e. The fraction of sp³-hybridized carbons (Fsp3) is 0.500. The number of aliphatic carboxylic acids is 1. The van der Waals surface area contributed by atoms with Gasteiger partial charge >= 0.3 is 13.6 Å². The van der Waals surface area contributed by atoms with Gasteiger partial charge in [-0.05, 0) is 0 Å². The molecule has 27 heavy (non-hydrogen) atoms. The van der Waals surface area contributed by atoms with Gasteiger partial charge in [-0.15, -0.1) is 0 Å². The quantitative estimate of drug-likeness (QED) is 0.277. The van der Waals surface area contributed by atoms with Crippen molar-refractivity contribution in [2.75, 3.05) is 18.5 Å². The number of nitrogen functional groups attached to an aromatic ring is 1.